The first kappa shape index (κ1) is 17.2. The maximum Gasteiger partial charge on any atom is 0.274 e. The number of carbonyl (C=O) groups excluding carboxylic acids is 1. The second kappa shape index (κ2) is 7.94. The van der Waals surface area contributed by atoms with Crippen LogP contribution in [0.3, 0.4) is 0 Å². The highest BCUT2D eigenvalue weighted by Gasteiger charge is 2.13. The lowest BCUT2D eigenvalue weighted by Crippen LogP contribution is -2.18. The Hall–Kier alpha value is -2.11. The minimum absolute atomic E-state index is 0.198. The Morgan fingerprint density at radius 3 is 2.30 bits per heavy atom. The Balaban J connectivity index is 2.10. The molecule has 0 spiro atoms. The van der Waals surface area contributed by atoms with E-state index in [9.17, 15) is 4.79 Å². The van der Waals surface area contributed by atoms with E-state index in [1.54, 1.807) is 29.7 Å². The molecule has 1 amide bonds. The van der Waals surface area contributed by atoms with Gasteiger partial charge in [-0.05, 0) is 48.4 Å². The third kappa shape index (κ3) is 4.43. The van der Waals surface area contributed by atoms with Crippen LogP contribution in [0.15, 0.2) is 65.3 Å². The fourth-order valence-electron chi connectivity index (χ4n) is 2.42. The quantitative estimate of drug-likeness (QED) is 0.507. The van der Waals surface area contributed by atoms with E-state index in [0.717, 1.165) is 22.3 Å². The molecule has 0 saturated heterocycles. The van der Waals surface area contributed by atoms with Gasteiger partial charge >= 0.3 is 0 Å². The van der Waals surface area contributed by atoms with Crippen LogP contribution in [0.5, 0.6) is 0 Å². The van der Waals surface area contributed by atoms with Crippen molar-refractivity contribution >= 4 is 27.5 Å². The van der Waals surface area contributed by atoms with Crippen LogP contribution >= 0.6 is 15.9 Å². The molecule has 0 aliphatic carbocycles. The van der Waals surface area contributed by atoms with Gasteiger partial charge < -0.3 is 5.32 Å². The largest absolute Gasteiger partial charge is 0.359 e. The van der Waals surface area contributed by atoms with E-state index >= 15 is 0 Å². The standard InChI is InChI=1S/C18H19BrN2O2/c1-3-17(13-4-8-15(19)9-5-13)12(2)20-16-10-6-14(7-11-16)18(22)21-23/h4-11,17,20,23H,2-3H2,1H3,(H,21,22). The fraction of sp³-hybridized carbons (Fsp3) is 0.167. The van der Waals surface area contributed by atoms with Crippen LogP contribution in [-0.4, -0.2) is 11.1 Å². The second-order valence-corrected chi connectivity index (χ2v) is 6.10. The fourth-order valence-corrected chi connectivity index (χ4v) is 2.68. The number of hydrogen-bond acceptors (Lipinski definition) is 3. The van der Waals surface area contributed by atoms with Crippen LogP contribution in [0.1, 0.15) is 35.2 Å². The average molecular weight is 375 g/mol. The zero-order valence-corrected chi connectivity index (χ0v) is 14.4. The summed E-state index contributed by atoms with van der Waals surface area (Å²) in [7, 11) is 0. The Morgan fingerprint density at radius 1 is 1.17 bits per heavy atom. The molecular formula is C18H19BrN2O2. The Bertz CT molecular complexity index is 681. The molecule has 3 N–H and O–H groups in total. The number of amides is 1. The average Bonchev–Trinajstić information content (AvgIpc) is 2.57. The van der Waals surface area contributed by atoms with Crippen molar-refractivity contribution in [2.24, 2.45) is 0 Å². The van der Waals surface area contributed by atoms with E-state index in [1.165, 1.54) is 5.56 Å². The van der Waals surface area contributed by atoms with Crippen LogP contribution in [0.2, 0.25) is 0 Å². The minimum Gasteiger partial charge on any atom is -0.359 e. The summed E-state index contributed by atoms with van der Waals surface area (Å²) in [5, 5.41) is 11.9. The Labute approximate surface area is 144 Å². The lowest BCUT2D eigenvalue weighted by atomic mass is 9.93. The molecule has 0 saturated carbocycles. The summed E-state index contributed by atoms with van der Waals surface area (Å²) < 4.78 is 1.05. The van der Waals surface area contributed by atoms with E-state index in [2.05, 4.69) is 46.9 Å². The van der Waals surface area contributed by atoms with Crippen LogP contribution in [0, 0.1) is 0 Å². The molecule has 0 fully saturated rings. The van der Waals surface area contributed by atoms with E-state index < -0.39 is 5.91 Å². The van der Waals surface area contributed by atoms with Crippen molar-refractivity contribution in [3.8, 4) is 0 Å². The molecule has 5 heteroatoms. The molecule has 0 heterocycles. The second-order valence-electron chi connectivity index (χ2n) is 5.18. The Kier molecular flexibility index (Phi) is 5.96. The number of hydrogen-bond donors (Lipinski definition) is 3. The molecule has 2 rings (SSSR count). The predicted octanol–water partition coefficient (Wildman–Crippen LogP) is 4.69. The van der Waals surface area contributed by atoms with Crippen molar-refractivity contribution in [2.75, 3.05) is 5.32 Å². The summed E-state index contributed by atoms with van der Waals surface area (Å²) in [6, 6.07) is 15.1. The first-order valence-corrected chi connectivity index (χ1v) is 8.10. The van der Waals surface area contributed by atoms with Crippen molar-refractivity contribution in [2.45, 2.75) is 19.3 Å². The highest BCUT2D eigenvalue weighted by Crippen LogP contribution is 2.28. The van der Waals surface area contributed by atoms with Gasteiger partial charge in [0.2, 0.25) is 0 Å². The molecule has 0 bridgehead atoms. The summed E-state index contributed by atoms with van der Waals surface area (Å²) in [5.41, 5.74) is 4.95. The summed E-state index contributed by atoms with van der Waals surface area (Å²) in [6.07, 6.45) is 0.929. The zero-order valence-electron chi connectivity index (χ0n) is 12.8. The third-order valence-electron chi connectivity index (χ3n) is 3.65. The molecule has 2 aromatic rings. The smallest absolute Gasteiger partial charge is 0.274 e. The lowest BCUT2D eigenvalue weighted by Gasteiger charge is -2.20. The molecule has 0 aliphatic heterocycles. The minimum atomic E-state index is -0.531. The van der Waals surface area contributed by atoms with Gasteiger partial charge in [0.15, 0.2) is 0 Å². The number of nitrogens with one attached hydrogen (secondary N) is 2. The van der Waals surface area contributed by atoms with E-state index in [4.69, 9.17) is 5.21 Å². The maximum atomic E-state index is 11.3. The van der Waals surface area contributed by atoms with E-state index in [0.29, 0.717) is 5.56 Å². The lowest BCUT2D eigenvalue weighted by molar-refractivity contribution is 0.0706. The molecule has 0 aromatic heterocycles. The van der Waals surface area contributed by atoms with Crippen LogP contribution in [0.25, 0.3) is 0 Å². The van der Waals surface area contributed by atoms with Gasteiger partial charge in [-0.25, -0.2) is 5.48 Å². The molecule has 2 aromatic carbocycles. The van der Waals surface area contributed by atoms with Crippen molar-refractivity contribution in [1.29, 1.82) is 0 Å². The van der Waals surface area contributed by atoms with E-state index in [1.807, 2.05) is 12.1 Å². The number of halogens is 1. The SMILES string of the molecule is C=C(Nc1ccc(C(=O)NO)cc1)C(CC)c1ccc(Br)cc1. The first-order valence-electron chi connectivity index (χ1n) is 7.31. The highest BCUT2D eigenvalue weighted by atomic mass is 79.9. The third-order valence-corrected chi connectivity index (χ3v) is 4.18. The van der Waals surface area contributed by atoms with Gasteiger partial charge in [0.1, 0.15) is 0 Å². The van der Waals surface area contributed by atoms with Gasteiger partial charge in [-0.1, -0.05) is 41.6 Å². The maximum absolute atomic E-state index is 11.3. The predicted molar refractivity (Wildman–Crippen MR) is 95.6 cm³/mol. The van der Waals surface area contributed by atoms with Gasteiger partial charge in [0.25, 0.3) is 5.91 Å². The van der Waals surface area contributed by atoms with Gasteiger partial charge in [0.05, 0.1) is 0 Å². The summed E-state index contributed by atoms with van der Waals surface area (Å²) in [4.78, 5) is 11.3. The summed E-state index contributed by atoms with van der Waals surface area (Å²) in [5.74, 6) is -0.333. The number of rotatable bonds is 6. The van der Waals surface area contributed by atoms with Crippen molar-refractivity contribution in [3.05, 3.63) is 76.4 Å². The molecule has 1 atom stereocenters. The van der Waals surface area contributed by atoms with Crippen molar-refractivity contribution in [3.63, 3.8) is 0 Å². The normalized spacial score (nSPS) is 11.6. The molecule has 1 unspecified atom stereocenters. The van der Waals surface area contributed by atoms with E-state index in [-0.39, 0.29) is 5.92 Å². The number of hydroxylamine groups is 1. The van der Waals surface area contributed by atoms with Gasteiger partial charge in [0, 0.05) is 27.3 Å². The van der Waals surface area contributed by atoms with Crippen LogP contribution in [0.4, 0.5) is 5.69 Å². The molecule has 120 valence electrons. The monoisotopic (exact) mass is 374 g/mol. The molecular weight excluding hydrogens is 356 g/mol. The first-order chi connectivity index (χ1) is 11.0. The Morgan fingerprint density at radius 2 is 1.78 bits per heavy atom. The highest BCUT2D eigenvalue weighted by molar-refractivity contribution is 9.10. The van der Waals surface area contributed by atoms with Crippen LogP contribution < -0.4 is 10.8 Å². The number of allylic oxidation sites excluding steroid dienone is 1. The molecule has 4 nitrogen and oxygen atoms in total. The summed E-state index contributed by atoms with van der Waals surface area (Å²) in [6.45, 7) is 6.27. The number of benzene rings is 2. The molecule has 23 heavy (non-hydrogen) atoms. The summed E-state index contributed by atoms with van der Waals surface area (Å²) >= 11 is 3.44. The van der Waals surface area contributed by atoms with Gasteiger partial charge in [-0.2, -0.15) is 0 Å². The van der Waals surface area contributed by atoms with Crippen molar-refractivity contribution < 1.29 is 10.0 Å². The van der Waals surface area contributed by atoms with Crippen LogP contribution in [-0.2, 0) is 0 Å². The number of anilines is 1. The zero-order chi connectivity index (χ0) is 16.8. The number of carbonyl (C=O) groups is 1. The molecule has 0 radical (unpaired) electrons. The molecule has 0 aliphatic rings. The van der Waals surface area contributed by atoms with Gasteiger partial charge in [-0.3, -0.25) is 10.0 Å². The van der Waals surface area contributed by atoms with Crippen molar-refractivity contribution in [1.82, 2.24) is 5.48 Å². The van der Waals surface area contributed by atoms with Gasteiger partial charge in [-0.15, -0.1) is 0 Å². The topological polar surface area (TPSA) is 61.4 Å².